The molecule has 1 saturated heterocycles. The summed E-state index contributed by atoms with van der Waals surface area (Å²) >= 11 is 0. The number of alkyl halides is 2. The fourth-order valence-electron chi connectivity index (χ4n) is 4.43. The standard InChI is InChI=1S/C24H27F2N3O3/c1-27-23(31)19-12-16(22(30)29-10-8-17-7-9-28-14-24(17,25)26)11-18-20(13-32-21(18)19)15-5-3-2-4-6-15/h2-6,11-12,17,20,28H,7-10,13-14H2,1H3,(H,27,31)(H,29,30). The van der Waals surface area contributed by atoms with E-state index in [0.717, 1.165) is 11.1 Å². The Labute approximate surface area is 185 Å². The summed E-state index contributed by atoms with van der Waals surface area (Å²) in [6, 6.07) is 13.0. The predicted octanol–water partition coefficient (Wildman–Crippen LogP) is 2.94. The second kappa shape index (κ2) is 9.24. The van der Waals surface area contributed by atoms with Crippen molar-refractivity contribution in [1.82, 2.24) is 16.0 Å². The highest BCUT2D eigenvalue weighted by Crippen LogP contribution is 2.41. The van der Waals surface area contributed by atoms with Crippen LogP contribution in [0.3, 0.4) is 0 Å². The van der Waals surface area contributed by atoms with Crippen LogP contribution in [0.2, 0.25) is 0 Å². The number of halogens is 2. The molecule has 32 heavy (non-hydrogen) atoms. The Bertz CT molecular complexity index is 997. The second-order valence-electron chi connectivity index (χ2n) is 8.26. The molecule has 170 valence electrons. The first-order valence-corrected chi connectivity index (χ1v) is 10.8. The molecule has 0 spiro atoms. The molecule has 0 saturated carbocycles. The number of nitrogens with one attached hydrogen (secondary N) is 3. The van der Waals surface area contributed by atoms with Gasteiger partial charge in [0, 0.05) is 36.6 Å². The molecular weight excluding hydrogens is 416 g/mol. The Morgan fingerprint density at radius 2 is 1.97 bits per heavy atom. The van der Waals surface area contributed by atoms with Crippen molar-refractivity contribution in [2.24, 2.45) is 5.92 Å². The Morgan fingerprint density at radius 1 is 1.19 bits per heavy atom. The number of hydrogen-bond acceptors (Lipinski definition) is 4. The number of amides is 2. The van der Waals surface area contributed by atoms with Gasteiger partial charge in [-0.3, -0.25) is 9.59 Å². The van der Waals surface area contributed by atoms with Gasteiger partial charge in [0.2, 0.25) is 0 Å². The molecular formula is C24H27F2N3O3. The van der Waals surface area contributed by atoms with Crippen LogP contribution in [0.1, 0.15) is 50.6 Å². The Morgan fingerprint density at radius 3 is 2.69 bits per heavy atom. The van der Waals surface area contributed by atoms with E-state index in [4.69, 9.17) is 4.74 Å². The fourth-order valence-corrected chi connectivity index (χ4v) is 4.43. The van der Waals surface area contributed by atoms with Crippen molar-refractivity contribution >= 4 is 11.8 Å². The molecule has 2 unspecified atom stereocenters. The van der Waals surface area contributed by atoms with Crippen molar-refractivity contribution in [3.05, 3.63) is 64.7 Å². The molecule has 2 aliphatic rings. The summed E-state index contributed by atoms with van der Waals surface area (Å²) in [5, 5.41) is 8.04. The number of piperidine rings is 1. The van der Waals surface area contributed by atoms with E-state index in [1.54, 1.807) is 6.07 Å². The van der Waals surface area contributed by atoms with Crippen LogP contribution in [0.25, 0.3) is 0 Å². The molecule has 0 bridgehead atoms. The van der Waals surface area contributed by atoms with Crippen molar-refractivity contribution in [3.8, 4) is 5.75 Å². The maximum atomic E-state index is 14.0. The van der Waals surface area contributed by atoms with Gasteiger partial charge in [-0.1, -0.05) is 30.3 Å². The van der Waals surface area contributed by atoms with Crippen LogP contribution < -0.4 is 20.7 Å². The highest BCUT2D eigenvalue weighted by molar-refractivity contribution is 6.02. The van der Waals surface area contributed by atoms with E-state index in [1.165, 1.54) is 13.1 Å². The van der Waals surface area contributed by atoms with E-state index < -0.39 is 17.7 Å². The average molecular weight is 443 g/mol. The molecule has 2 atom stereocenters. The summed E-state index contributed by atoms with van der Waals surface area (Å²) in [5.74, 6) is -3.91. The SMILES string of the molecule is CNC(=O)c1cc(C(=O)NCCC2CCNCC2(F)F)cc2c1OCC2c1ccccc1. The van der Waals surface area contributed by atoms with Gasteiger partial charge in [-0.25, -0.2) is 8.78 Å². The summed E-state index contributed by atoms with van der Waals surface area (Å²) in [7, 11) is 1.52. The summed E-state index contributed by atoms with van der Waals surface area (Å²) in [5.41, 5.74) is 2.40. The molecule has 0 radical (unpaired) electrons. The zero-order valence-electron chi connectivity index (χ0n) is 17.9. The largest absolute Gasteiger partial charge is 0.491 e. The van der Waals surface area contributed by atoms with Gasteiger partial charge < -0.3 is 20.7 Å². The highest BCUT2D eigenvalue weighted by atomic mass is 19.3. The van der Waals surface area contributed by atoms with E-state index in [9.17, 15) is 18.4 Å². The topological polar surface area (TPSA) is 79.5 Å². The van der Waals surface area contributed by atoms with Gasteiger partial charge in [0.1, 0.15) is 5.75 Å². The quantitative estimate of drug-likeness (QED) is 0.642. The number of ether oxygens (including phenoxy) is 1. The van der Waals surface area contributed by atoms with Crippen LogP contribution in [-0.4, -0.2) is 51.0 Å². The molecule has 8 heteroatoms. The normalized spacial score (nSPS) is 21.3. The van der Waals surface area contributed by atoms with Crippen LogP contribution >= 0.6 is 0 Å². The molecule has 3 N–H and O–H groups in total. The first-order valence-electron chi connectivity index (χ1n) is 10.8. The lowest BCUT2D eigenvalue weighted by atomic mass is 9.90. The van der Waals surface area contributed by atoms with Gasteiger partial charge in [0.15, 0.2) is 0 Å². The van der Waals surface area contributed by atoms with Gasteiger partial charge >= 0.3 is 0 Å². The smallest absolute Gasteiger partial charge is 0.263 e. The van der Waals surface area contributed by atoms with Crippen molar-refractivity contribution in [2.75, 3.05) is 33.3 Å². The molecule has 0 aromatic heterocycles. The van der Waals surface area contributed by atoms with E-state index in [0.29, 0.717) is 36.4 Å². The summed E-state index contributed by atoms with van der Waals surface area (Å²) in [4.78, 5) is 25.3. The monoisotopic (exact) mass is 443 g/mol. The van der Waals surface area contributed by atoms with Gasteiger partial charge in [0.25, 0.3) is 17.7 Å². The molecule has 2 aliphatic heterocycles. The van der Waals surface area contributed by atoms with Gasteiger partial charge in [-0.05, 0) is 37.1 Å². The molecule has 4 rings (SSSR count). The van der Waals surface area contributed by atoms with Crippen molar-refractivity contribution in [3.63, 3.8) is 0 Å². The van der Waals surface area contributed by atoms with Crippen LogP contribution in [0.4, 0.5) is 8.78 Å². The first kappa shape index (κ1) is 22.2. The molecule has 2 aromatic carbocycles. The minimum absolute atomic E-state index is 0.101. The Balaban J connectivity index is 1.54. The Hall–Kier alpha value is -3.00. The summed E-state index contributed by atoms with van der Waals surface area (Å²) in [6.45, 7) is 0.742. The lowest BCUT2D eigenvalue weighted by molar-refractivity contribution is -0.0754. The number of carbonyl (C=O) groups excluding carboxylic acids is 2. The zero-order chi connectivity index (χ0) is 22.7. The molecule has 2 amide bonds. The minimum Gasteiger partial charge on any atom is -0.491 e. The van der Waals surface area contributed by atoms with Gasteiger partial charge in [-0.15, -0.1) is 0 Å². The predicted molar refractivity (Wildman–Crippen MR) is 116 cm³/mol. The number of rotatable bonds is 6. The number of fused-ring (bicyclic) bond motifs is 1. The fraction of sp³-hybridized carbons (Fsp3) is 0.417. The van der Waals surface area contributed by atoms with Gasteiger partial charge in [0.05, 0.1) is 18.7 Å². The third-order valence-corrected chi connectivity index (χ3v) is 6.23. The molecule has 0 aliphatic carbocycles. The lowest BCUT2D eigenvalue weighted by Crippen LogP contribution is -2.47. The minimum atomic E-state index is -2.77. The lowest BCUT2D eigenvalue weighted by Gasteiger charge is -2.31. The maximum absolute atomic E-state index is 14.0. The van der Waals surface area contributed by atoms with Crippen LogP contribution in [0.5, 0.6) is 5.75 Å². The van der Waals surface area contributed by atoms with Crippen LogP contribution in [0, 0.1) is 5.92 Å². The van der Waals surface area contributed by atoms with Crippen LogP contribution in [0.15, 0.2) is 42.5 Å². The average Bonchev–Trinajstić information content (AvgIpc) is 3.23. The van der Waals surface area contributed by atoms with Crippen molar-refractivity contribution in [1.29, 1.82) is 0 Å². The van der Waals surface area contributed by atoms with E-state index >= 15 is 0 Å². The Kier molecular flexibility index (Phi) is 6.41. The molecule has 2 heterocycles. The van der Waals surface area contributed by atoms with E-state index in [-0.39, 0.29) is 31.3 Å². The van der Waals surface area contributed by atoms with Crippen molar-refractivity contribution < 1.29 is 23.1 Å². The number of benzene rings is 2. The van der Waals surface area contributed by atoms with Crippen LogP contribution in [-0.2, 0) is 0 Å². The maximum Gasteiger partial charge on any atom is 0.263 e. The molecule has 6 nitrogen and oxygen atoms in total. The number of carbonyl (C=O) groups is 2. The first-order chi connectivity index (χ1) is 15.4. The molecule has 1 fully saturated rings. The second-order valence-corrected chi connectivity index (χ2v) is 8.26. The number of hydrogen-bond donors (Lipinski definition) is 3. The summed E-state index contributed by atoms with van der Waals surface area (Å²) < 4.78 is 33.9. The zero-order valence-corrected chi connectivity index (χ0v) is 17.9. The third kappa shape index (κ3) is 4.46. The highest BCUT2D eigenvalue weighted by Gasteiger charge is 2.41. The van der Waals surface area contributed by atoms with E-state index in [2.05, 4.69) is 16.0 Å². The summed E-state index contributed by atoms with van der Waals surface area (Å²) in [6.07, 6.45) is 0.571. The molecule has 2 aromatic rings. The third-order valence-electron chi connectivity index (χ3n) is 6.23. The van der Waals surface area contributed by atoms with E-state index in [1.807, 2.05) is 30.3 Å². The van der Waals surface area contributed by atoms with Crippen molar-refractivity contribution in [2.45, 2.75) is 24.7 Å². The van der Waals surface area contributed by atoms with Gasteiger partial charge in [-0.2, -0.15) is 0 Å².